The summed E-state index contributed by atoms with van der Waals surface area (Å²) in [4.78, 5) is 12.6. The molecule has 82 valence electrons. The van der Waals surface area contributed by atoms with Gasteiger partial charge in [-0.15, -0.1) is 0 Å². The summed E-state index contributed by atoms with van der Waals surface area (Å²) < 4.78 is 5.32. The van der Waals surface area contributed by atoms with Crippen molar-refractivity contribution in [2.75, 3.05) is 6.54 Å². The van der Waals surface area contributed by atoms with Crippen LogP contribution in [0.25, 0.3) is 0 Å². The normalized spacial score (nSPS) is 15.9. The molecule has 1 aliphatic carbocycles. The SMILES string of the molecule is Cc1ccoc1CN(CC(=O)O)C1CC1. The summed E-state index contributed by atoms with van der Waals surface area (Å²) in [5, 5.41) is 8.79. The van der Waals surface area contributed by atoms with Crippen LogP contribution in [0.4, 0.5) is 0 Å². The van der Waals surface area contributed by atoms with Crippen molar-refractivity contribution in [3.8, 4) is 0 Å². The van der Waals surface area contributed by atoms with E-state index in [0.717, 1.165) is 24.2 Å². The maximum Gasteiger partial charge on any atom is 0.317 e. The van der Waals surface area contributed by atoms with E-state index in [1.807, 2.05) is 17.9 Å². The zero-order chi connectivity index (χ0) is 10.8. The Hall–Kier alpha value is -1.29. The second-order valence-corrected chi connectivity index (χ2v) is 4.06. The van der Waals surface area contributed by atoms with Gasteiger partial charge in [0.05, 0.1) is 19.4 Å². The highest BCUT2D eigenvalue weighted by molar-refractivity contribution is 5.69. The Morgan fingerprint density at radius 1 is 1.67 bits per heavy atom. The lowest BCUT2D eigenvalue weighted by Gasteiger charge is -2.18. The number of nitrogens with zero attached hydrogens (tertiary/aromatic N) is 1. The number of aryl methyl sites for hydroxylation is 1. The average molecular weight is 209 g/mol. The Labute approximate surface area is 88.5 Å². The van der Waals surface area contributed by atoms with Gasteiger partial charge in [0.2, 0.25) is 0 Å². The molecule has 1 aliphatic rings. The smallest absolute Gasteiger partial charge is 0.317 e. The highest BCUT2D eigenvalue weighted by Gasteiger charge is 2.31. The number of rotatable bonds is 5. The number of furan rings is 1. The van der Waals surface area contributed by atoms with Gasteiger partial charge in [-0.05, 0) is 31.4 Å². The van der Waals surface area contributed by atoms with E-state index in [4.69, 9.17) is 9.52 Å². The summed E-state index contributed by atoms with van der Waals surface area (Å²) in [6, 6.07) is 2.34. The van der Waals surface area contributed by atoms with Crippen molar-refractivity contribution in [1.82, 2.24) is 4.90 Å². The summed E-state index contributed by atoms with van der Waals surface area (Å²) in [5.74, 6) is 0.106. The maximum atomic E-state index is 10.7. The number of carboxylic acids is 1. The Morgan fingerprint density at radius 3 is 2.87 bits per heavy atom. The third kappa shape index (κ3) is 2.59. The Balaban J connectivity index is 2.00. The van der Waals surface area contributed by atoms with Gasteiger partial charge in [-0.3, -0.25) is 9.69 Å². The van der Waals surface area contributed by atoms with Crippen LogP contribution in [0.15, 0.2) is 16.7 Å². The summed E-state index contributed by atoms with van der Waals surface area (Å²) >= 11 is 0. The zero-order valence-electron chi connectivity index (χ0n) is 8.77. The molecule has 0 saturated heterocycles. The molecule has 1 N–H and O–H groups in total. The van der Waals surface area contributed by atoms with Crippen LogP contribution in [0.3, 0.4) is 0 Å². The second-order valence-electron chi connectivity index (χ2n) is 4.06. The van der Waals surface area contributed by atoms with Crippen LogP contribution < -0.4 is 0 Å². The van der Waals surface area contributed by atoms with Gasteiger partial charge in [-0.25, -0.2) is 0 Å². The minimum Gasteiger partial charge on any atom is -0.480 e. The van der Waals surface area contributed by atoms with Gasteiger partial charge in [0.15, 0.2) is 0 Å². The van der Waals surface area contributed by atoms with Crippen molar-refractivity contribution >= 4 is 5.97 Å². The first-order valence-corrected chi connectivity index (χ1v) is 5.15. The van der Waals surface area contributed by atoms with Crippen molar-refractivity contribution in [2.45, 2.75) is 32.4 Å². The molecule has 4 heteroatoms. The maximum absolute atomic E-state index is 10.7. The van der Waals surface area contributed by atoms with Gasteiger partial charge in [-0.1, -0.05) is 0 Å². The summed E-state index contributed by atoms with van der Waals surface area (Å²) in [7, 11) is 0. The van der Waals surface area contributed by atoms with Crippen LogP contribution >= 0.6 is 0 Å². The summed E-state index contributed by atoms with van der Waals surface area (Å²) in [6.07, 6.45) is 3.86. The molecular formula is C11H15NO3. The van der Waals surface area contributed by atoms with Crippen molar-refractivity contribution in [1.29, 1.82) is 0 Å². The molecule has 0 unspecified atom stereocenters. The molecule has 0 bridgehead atoms. The van der Waals surface area contributed by atoms with E-state index in [9.17, 15) is 4.79 Å². The molecule has 0 aliphatic heterocycles. The third-order valence-electron chi connectivity index (χ3n) is 2.72. The first-order valence-electron chi connectivity index (χ1n) is 5.15. The van der Waals surface area contributed by atoms with E-state index in [0.29, 0.717) is 12.6 Å². The summed E-state index contributed by atoms with van der Waals surface area (Å²) in [5.41, 5.74) is 1.09. The highest BCUT2D eigenvalue weighted by Crippen LogP contribution is 2.28. The fourth-order valence-corrected chi connectivity index (χ4v) is 1.68. The van der Waals surface area contributed by atoms with E-state index in [-0.39, 0.29) is 6.54 Å². The van der Waals surface area contributed by atoms with E-state index in [1.165, 1.54) is 0 Å². The highest BCUT2D eigenvalue weighted by atomic mass is 16.4. The van der Waals surface area contributed by atoms with Crippen molar-refractivity contribution in [3.63, 3.8) is 0 Å². The predicted octanol–water partition coefficient (Wildman–Crippen LogP) is 1.64. The lowest BCUT2D eigenvalue weighted by atomic mass is 10.2. The fraction of sp³-hybridized carbons (Fsp3) is 0.545. The van der Waals surface area contributed by atoms with Crippen LogP contribution in [0.5, 0.6) is 0 Å². The molecule has 0 amide bonds. The van der Waals surface area contributed by atoms with Crippen molar-refractivity contribution in [2.24, 2.45) is 0 Å². The molecule has 4 nitrogen and oxygen atoms in total. The first-order chi connectivity index (χ1) is 7.16. The molecule has 0 aromatic carbocycles. The molecule has 1 aromatic heterocycles. The molecule has 2 rings (SSSR count). The predicted molar refractivity (Wildman–Crippen MR) is 54.5 cm³/mol. The van der Waals surface area contributed by atoms with E-state index < -0.39 is 5.97 Å². The van der Waals surface area contributed by atoms with Crippen LogP contribution in [-0.4, -0.2) is 28.6 Å². The van der Waals surface area contributed by atoms with Gasteiger partial charge >= 0.3 is 5.97 Å². The lowest BCUT2D eigenvalue weighted by molar-refractivity contribution is -0.138. The molecule has 0 atom stereocenters. The largest absolute Gasteiger partial charge is 0.480 e. The van der Waals surface area contributed by atoms with Gasteiger partial charge in [0, 0.05) is 6.04 Å². The first kappa shape index (κ1) is 10.2. The summed E-state index contributed by atoms with van der Waals surface area (Å²) in [6.45, 7) is 2.69. The molecule has 15 heavy (non-hydrogen) atoms. The monoisotopic (exact) mass is 209 g/mol. The molecule has 0 spiro atoms. The minimum absolute atomic E-state index is 0.102. The average Bonchev–Trinajstić information content (AvgIpc) is 2.92. The van der Waals surface area contributed by atoms with Crippen molar-refractivity contribution < 1.29 is 14.3 Å². The molecular weight excluding hydrogens is 194 g/mol. The van der Waals surface area contributed by atoms with Gasteiger partial charge < -0.3 is 9.52 Å². The Morgan fingerprint density at radius 2 is 2.40 bits per heavy atom. The van der Waals surface area contributed by atoms with Crippen LogP contribution in [0.2, 0.25) is 0 Å². The standard InChI is InChI=1S/C11H15NO3/c1-8-4-5-15-10(8)6-12(7-11(13)14)9-2-3-9/h4-5,9H,2-3,6-7H2,1H3,(H,13,14). The second kappa shape index (κ2) is 4.06. The van der Waals surface area contributed by atoms with Crippen molar-refractivity contribution in [3.05, 3.63) is 23.7 Å². The van der Waals surface area contributed by atoms with Crippen LogP contribution in [0, 0.1) is 6.92 Å². The van der Waals surface area contributed by atoms with Gasteiger partial charge in [0.1, 0.15) is 5.76 Å². The van der Waals surface area contributed by atoms with E-state index >= 15 is 0 Å². The number of carboxylic acid groups (broad SMARTS) is 1. The molecule has 1 fully saturated rings. The van der Waals surface area contributed by atoms with E-state index in [2.05, 4.69) is 0 Å². The Bertz CT molecular complexity index is 354. The number of carbonyl (C=O) groups is 1. The van der Waals surface area contributed by atoms with Crippen LogP contribution in [0.1, 0.15) is 24.2 Å². The third-order valence-corrected chi connectivity index (χ3v) is 2.72. The number of aliphatic carboxylic acids is 1. The van der Waals surface area contributed by atoms with Gasteiger partial charge in [0.25, 0.3) is 0 Å². The van der Waals surface area contributed by atoms with E-state index in [1.54, 1.807) is 6.26 Å². The zero-order valence-corrected chi connectivity index (χ0v) is 8.77. The fourth-order valence-electron chi connectivity index (χ4n) is 1.68. The topological polar surface area (TPSA) is 53.7 Å². The number of hydrogen-bond acceptors (Lipinski definition) is 3. The Kier molecular flexibility index (Phi) is 2.77. The quantitative estimate of drug-likeness (QED) is 0.800. The van der Waals surface area contributed by atoms with Gasteiger partial charge in [-0.2, -0.15) is 0 Å². The molecule has 1 aromatic rings. The number of hydrogen-bond donors (Lipinski definition) is 1. The minimum atomic E-state index is -0.772. The van der Waals surface area contributed by atoms with Crippen LogP contribution in [-0.2, 0) is 11.3 Å². The molecule has 1 saturated carbocycles. The molecule has 0 radical (unpaired) electrons. The molecule has 1 heterocycles. The lowest BCUT2D eigenvalue weighted by Crippen LogP contribution is -2.31.